The third-order valence-electron chi connectivity index (χ3n) is 3.53. The maximum atomic E-state index is 12.3. The molecule has 0 radical (unpaired) electrons. The smallest absolute Gasteiger partial charge is 0.244 e. The lowest BCUT2D eigenvalue weighted by Crippen LogP contribution is -2.37. The Morgan fingerprint density at radius 1 is 1.09 bits per heavy atom. The number of carbonyl (C=O) groups excluding carboxylic acids is 2. The molecular formula is C18H19BrN2O2. The number of aryl methyl sites for hydroxylation is 2. The number of hydrogen-bond donors (Lipinski definition) is 1. The molecule has 0 fully saturated rings. The van der Waals surface area contributed by atoms with Crippen molar-refractivity contribution in [2.24, 2.45) is 0 Å². The highest BCUT2D eigenvalue weighted by atomic mass is 79.9. The lowest BCUT2D eigenvalue weighted by Gasteiger charge is -2.22. The molecule has 0 saturated carbocycles. The summed E-state index contributed by atoms with van der Waals surface area (Å²) in [5.74, 6) is -0.397. The molecule has 0 atom stereocenters. The molecular weight excluding hydrogens is 356 g/mol. The zero-order chi connectivity index (χ0) is 17.0. The molecule has 4 nitrogen and oxygen atoms in total. The molecule has 23 heavy (non-hydrogen) atoms. The zero-order valence-electron chi connectivity index (χ0n) is 13.4. The van der Waals surface area contributed by atoms with Crippen molar-refractivity contribution < 1.29 is 9.59 Å². The number of anilines is 2. The van der Waals surface area contributed by atoms with Crippen molar-refractivity contribution >= 4 is 39.1 Å². The van der Waals surface area contributed by atoms with Crippen molar-refractivity contribution in [3.8, 4) is 0 Å². The summed E-state index contributed by atoms with van der Waals surface area (Å²) in [5.41, 5.74) is 3.45. The Hall–Kier alpha value is -2.14. The predicted molar refractivity (Wildman–Crippen MR) is 96.7 cm³/mol. The summed E-state index contributed by atoms with van der Waals surface area (Å²) in [4.78, 5) is 25.7. The van der Waals surface area contributed by atoms with Crippen molar-refractivity contribution in [3.63, 3.8) is 0 Å². The summed E-state index contributed by atoms with van der Waals surface area (Å²) in [6, 6.07) is 13.1. The molecule has 0 aliphatic carbocycles. The van der Waals surface area contributed by atoms with Gasteiger partial charge in [-0.3, -0.25) is 9.59 Å². The van der Waals surface area contributed by atoms with E-state index in [0.29, 0.717) is 5.69 Å². The van der Waals surface area contributed by atoms with Gasteiger partial charge in [0.25, 0.3) is 0 Å². The normalized spacial score (nSPS) is 10.3. The van der Waals surface area contributed by atoms with Crippen LogP contribution < -0.4 is 10.2 Å². The van der Waals surface area contributed by atoms with Crippen LogP contribution in [0.3, 0.4) is 0 Å². The number of nitrogens with zero attached hydrogens (tertiary/aromatic N) is 1. The highest BCUT2D eigenvalue weighted by molar-refractivity contribution is 9.10. The number of halogens is 1. The first-order chi connectivity index (χ1) is 10.9. The molecule has 0 spiro atoms. The molecule has 2 aromatic rings. The molecule has 1 N–H and O–H groups in total. The van der Waals surface area contributed by atoms with Crippen LogP contribution in [-0.4, -0.2) is 18.4 Å². The molecule has 0 aliphatic rings. The molecule has 0 unspecified atom stereocenters. The van der Waals surface area contributed by atoms with E-state index in [2.05, 4.69) is 21.2 Å². The summed E-state index contributed by atoms with van der Waals surface area (Å²) in [5, 5.41) is 2.83. The van der Waals surface area contributed by atoms with Crippen LogP contribution in [0.15, 0.2) is 46.9 Å². The lowest BCUT2D eigenvalue weighted by atomic mass is 10.1. The fraction of sp³-hybridized carbons (Fsp3) is 0.222. The monoisotopic (exact) mass is 374 g/mol. The van der Waals surface area contributed by atoms with E-state index in [-0.39, 0.29) is 18.4 Å². The predicted octanol–water partition coefficient (Wildman–Crippen LogP) is 4.06. The van der Waals surface area contributed by atoms with E-state index in [0.717, 1.165) is 21.3 Å². The summed E-state index contributed by atoms with van der Waals surface area (Å²) in [6.45, 7) is 5.31. The van der Waals surface area contributed by atoms with Gasteiger partial charge in [-0.15, -0.1) is 0 Å². The highest BCUT2D eigenvalue weighted by Gasteiger charge is 2.17. The minimum Gasteiger partial charge on any atom is -0.325 e. The third kappa shape index (κ3) is 4.42. The van der Waals surface area contributed by atoms with E-state index in [4.69, 9.17) is 0 Å². The Bertz CT molecular complexity index is 744. The van der Waals surface area contributed by atoms with E-state index in [1.807, 2.05) is 56.3 Å². The molecule has 2 aromatic carbocycles. The maximum Gasteiger partial charge on any atom is 0.244 e. The maximum absolute atomic E-state index is 12.3. The second-order valence-electron chi connectivity index (χ2n) is 5.40. The number of benzene rings is 2. The van der Waals surface area contributed by atoms with Crippen LogP contribution in [0.25, 0.3) is 0 Å². The van der Waals surface area contributed by atoms with Crippen LogP contribution >= 0.6 is 15.9 Å². The molecule has 0 bridgehead atoms. The summed E-state index contributed by atoms with van der Waals surface area (Å²) in [6.07, 6.45) is 0. The SMILES string of the molecule is CC(=O)N(CC(=O)Nc1ccc(Br)c(C)c1)c1ccccc1C. The van der Waals surface area contributed by atoms with Crippen molar-refractivity contribution in [1.82, 2.24) is 0 Å². The van der Waals surface area contributed by atoms with Gasteiger partial charge in [0.05, 0.1) is 0 Å². The number of para-hydroxylation sites is 1. The molecule has 2 amide bonds. The summed E-state index contributed by atoms with van der Waals surface area (Å²) >= 11 is 3.43. The molecule has 5 heteroatoms. The topological polar surface area (TPSA) is 49.4 Å². The van der Waals surface area contributed by atoms with Crippen molar-refractivity contribution in [1.29, 1.82) is 0 Å². The van der Waals surface area contributed by atoms with Crippen LogP contribution in [0.4, 0.5) is 11.4 Å². The second-order valence-corrected chi connectivity index (χ2v) is 6.26. The number of carbonyl (C=O) groups is 2. The average Bonchev–Trinajstić information content (AvgIpc) is 2.49. The van der Waals surface area contributed by atoms with Crippen LogP contribution in [0.1, 0.15) is 18.1 Å². The Morgan fingerprint density at radius 3 is 2.39 bits per heavy atom. The number of amides is 2. The van der Waals surface area contributed by atoms with Gasteiger partial charge in [-0.2, -0.15) is 0 Å². The van der Waals surface area contributed by atoms with Gasteiger partial charge in [0, 0.05) is 22.8 Å². The van der Waals surface area contributed by atoms with E-state index >= 15 is 0 Å². The Kier molecular flexibility index (Phi) is 5.55. The van der Waals surface area contributed by atoms with E-state index in [1.165, 1.54) is 11.8 Å². The third-order valence-corrected chi connectivity index (χ3v) is 4.42. The minimum absolute atomic E-state index is 0.0186. The summed E-state index contributed by atoms with van der Waals surface area (Å²) in [7, 11) is 0. The van der Waals surface area contributed by atoms with Gasteiger partial charge in [-0.25, -0.2) is 0 Å². The fourth-order valence-corrected chi connectivity index (χ4v) is 2.55. The molecule has 120 valence electrons. The van der Waals surface area contributed by atoms with Gasteiger partial charge in [-0.1, -0.05) is 34.1 Å². The van der Waals surface area contributed by atoms with Crippen molar-refractivity contribution in [2.45, 2.75) is 20.8 Å². The first kappa shape index (κ1) is 17.2. The van der Waals surface area contributed by atoms with Gasteiger partial charge in [0.1, 0.15) is 6.54 Å². The first-order valence-electron chi connectivity index (χ1n) is 7.28. The number of rotatable bonds is 4. The van der Waals surface area contributed by atoms with E-state index in [9.17, 15) is 9.59 Å². The standard InChI is InChI=1S/C18H19BrN2O2/c1-12-6-4-5-7-17(12)21(14(3)22)11-18(23)20-15-8-9-16(19)13(2)10-15/h4-10H,11H2,1-3H3,(H,20,23). The Labute approximate surface area is 144 Å². The van der Waals surface area contributed by atoms with Gasteiger partial charge >= 0.3 is 0 Å². The van der Waals surface area contributed by atoms with Gasteiger partial charge < -0.3 is 10.2 Å². The van der Waals surface area contributed by atoms with Crippen LogP contribution in [0, 0.1) is 13.8 Å². The van der Waals surface area contributed by atoms with Gasteiger partial charge in [-0.05, 0) is 49.2 Å². The second kappa shape index (κ2) is 7.42. The van der Waals surface area contributed by atoms with Crippen LogP contribution in [-0.2, 0) is 9.59 Å². The van der Waals surface area contributed by atoms with E-state index < -0.39 is 0 Å². The van der Waals surface area contributed by atoms with Crippen LogP contribution in [0.5, 0.6) is 0 Å². The zero-order valence-corrected chi connectivity index (χ0v) is 15.0. The lowest BCUT2D eigenvalue weighted by molar-refractivity contribution is -0.120. The molecule has 0 saturated heterocycles. The minimum atomic E-state index is -0.231. The Morgan fingerprint density at radius 2 is 1.78 bits per heavy atom. The van der Waals surface area contributed by atoms with Crippen molar-refractivity contribution in [2.75, 3.05) is 16.8 Å². The average molecular weight is 375 g/mol. The van der Waals surface area contributed by atoms with Gasteiger partial charge in [0.2, 0.25) is 11.8 Å². The largest absolute Gasteiger partial charge is 0.325 e. The summed E-state index contributed by atoms with van der Waals surface area (Å²) < 4.78 is 0.987. The number of hydrogen-bond acceptors (Lipinski definition) is 2. The van der Waals surface area contributed by atoms with Crippen LogP contribution in [0.2, 0.25) is 0 Å². The first-order valence-corrected chi connectivity index (χ1v) is 8.07. The van der Waals surface area contributed by atoms with E-state index in [1.54, 1.807) is 0 Å². The quantitative estimate of drug-likeness (QED) is 0.876. The molecule has 0 heterocycles. The van der Waals surface area contributed by atoms with Gasteiger partial charge in [0.15, 0.2) is 0 Å². The Balaban J connectivity index is 2.14. The number of nitrogens with one attached hydrogen (secondary N) is 1. The highest BCUT2D eigenvalue weighted by Crippen LogP contribution is 2.21. The fourth-order valence-electron chi connectivity index (χ4n) is 2.30. The molecule has 0 aromatic heterocycles. The molecule has 0 aliphatic heterocycles. The van der Waals surface area contributed by atoms with Crippen molar-refractivity contribution in [3.05, 3.63) is 58.1 Å². The molecule has 2 rings (SSSR count).